The van der Waals surface area contributed by atoms with Crippen LogP contribution in [-0.2, 0) is 115 Å². The number of aromatic amines is 1. The highest BCUT2D eigenvalue weighted by Gasteiger charge is 2.43. The second-order valence-electron chi connectivity index (χ2n) is 33.1. The number of carbonyl (C=O) groups excluding carboxylic acids is 15. The maximum Gasteiger partial charge on any atom is 0.305 e. The van der Waals surface area contributed by atoms with Crippen LogP contribution in [0.5, 0.6) is 11.5 Å². The Labute approximate surface area is 759 Å². The Balaban J connectivity index is 1.02. The molecule has 1 unspecified atom stereocenters. The second-order valence-corrected chi connectivity index (χ2v) is 34.1. The number of nitrogens with two attached hydrogens (primary N) is 2. The maximum atomic E-state index is 15.4. The average Bonchev–Trinajstić information content (AvgIpc) is 1.03. The summed E-state index contributed by atoms with van der Waals surface area (Å²) in [5.74, 6) is -13.8. The molecule has 14 amide bonds. The van der Waals surface area contributed by atoms with E-state index in [2.05, 4.69) is 47.5 Å². The lowest BCUT2D eigenvalue weighted by molar-refractivity contribution is -0.154. The number of para-hydroxylation sites is 1. The first-order chi connectivity index (χ1) is 62.0. The lowest BCUT2D eigenvalue weighted by Gasteiger charge is -2.41. The van der Waals surface area contributed by atoms with Crippen LogP contribution in [-0.4, -0.2) is 272 Å². The molecule has 1 fully saturated rings. The predicted molar refractivity (Wildman–Crippen MR) is 487 cm³/mol. The molecular weight excluding hydrogens is 1690 g/mol. The number of likely N-dealkylation sites (tertiary alicyclic amines) is 1. The fourth-order valence-electron chi connectivity index (χ4n) is 15.4. The van der Waals surface area contributed by atoms with Crippen molar-refractivity contribution in [3.8, 4) is 11.5 Å². The first kappa shape index (κ1) is 102. The van der Waals surface area contributed by atoms with Crippen molar-refractivity contribution >= 4 is 118 Å². The third kappa shape index (κ3) is 30.9. The maximum absolute atomic E-state index is 15.4. The summed E-state index contributed by atoms with van der Waals surface area (Å²) >= 11 is 0.835. The Hall–Kier alpha value is -13.5. The van der Waals surface area contributed by atoms with Gasteiger partial charge in [0.2, 0.25) is 82.7 Å². The molecule has 7 aromatic rings. The second kappa shape index (κ2) is 50.3. The Morgan fingerprint density at radius 3 is 1.56 bits per heavy atom. The first-order valence-corrected chi connectivity index (χ1v) is 44.4. The summed E-state index contributed by atoms with van der Waals surface area (Å²) in [6.07, 6.45) is 2.79. The smallest absolute Gasteiger partial charge is 0.305 e. The fraction of sp³-hybridized carbons (Fsp3) is 0.426. The molecule has 35 nitrogen and oxygen atoms in total. The number of aromatic nitrogens is 1. The summed E-state index contributed by atoms with van der Waals surface area (Å²) in [5.41, 5.74) is 15.5. The van der Waals surface area contributed by atoms with Crippen LogP contribution in [0, 0.1) is 5.92 Å². The van der Waals surface area contributed by atoms with Crippen LogP contribution in [0.4, 0.5) is 0 Å². The molecule has 0 radical (unpaired) electrons. The number of rotatable bonds is 49. The number of amides is 14. The molecule has 0 bridgehead atoms. The lowest BCUT2D eigenvalue weighted by Crippen LogP contribution is -2.61. The molecule has 6 aromatic carbocycles. The van der Waals surface area contributed by atoms with Gasteiger partial charge in [-0.25, -0.2) is 0 Å². The number of likely N-dealkylation sites (N-methyl/N-ethyl adjacent to an activating group) is 4. The molecule has 1 aliphatic heterocycles. The van der Waals surface area contributed by atoms with Gasteiger partial charge < -0.3 is 104 Å². The SMILES string of the molecule is CCCC[C@@H](C(=O)N1CCCC[C@@H]1C(=O)N[C@H](C=O)CC(=O)O)N(C)C(=O)[C@H](Cc1ccccc1)N(C)C(=O)[C@H](Cc1ccccc1)NC(=O)CSC[C@H](NC(=O)[C@H](CC(C)C)NC(=O)[C@H](Cc1ccc(O)cc1)NC(=O)[C@H](Cc1c[nH]c2ccccc12)NC(=O)CN(C)C(=O)[C@H](Cc1ccc(O)cc1)NC(=O)C(Cc1ccccc1)N(C)C(=O)[C@H](C)N)C(=O)NCC(N)=O. The number of aldehydes is 1. The molecule has 2 heterocycles. The Bertz CT molecular complexity index is 5050. The van der Waals surface area contributed by atoms with Crippen LogP contribution < -0.4 is 54.0 Å². The van der Waals surface area contributed by atoms with Crippen LogP contribution in [0.15, 0.2) is 170 Å². The van der Waals surface area contributed by atoms with Crippen LogP contribution in [0.25, 0.3) is 10.9 Å². The monoisotopic (exact) mass is 1810 g/mol. The number of thioether (sulfide) groups is 1. The van der Waals surface area contributed by atoms with Gasteiger partial charge >= 0.3 is 5.97 Å². The number of piperidine rings is 1. The number of carboxylic acids is 1. The van der Waals surface area contributed by atoms with Gasteiger partial charge in [0.05, 0.1) is 37.3 Å². The number of hydrogen-bond acceptors (Lipinski definition) is 20. The molecule has 696 valence electrons. The quantitative estimate of drug-likeness (QED) is 0.0244. The molecule has 1 saturated heterocycles. The Morgan fingerprint density at radius 1 is 0.523 bits per heavy atom. The van der Waals surface area contributed by atoms with E-state index in [0.717, 1.165) is 16.7 Å². The zero-order valence-electron chi connectivity index (χ0n) is 74.4. The first-order valence-electron chi connectivity index (χ1n) is 43.3. The number of phenolic OH excluding ortho intramolecular Hbond substituents is 2. The summed E-state index contributed by atoms with van der Waals surface area (Å²) in [5, 5.41) is 52.1. The average molecular weight is 1810 g/mol. The molecule has 0 spiro atoms. The number of aliphatic carboxylic acids is 1. The molecule has 130 heavy (non-hydrogen) atoms. The van der Waals surface area contributed by atoms with Gasteiger partial charge in [0.15, 0.2) is 0 Å². The van der Waals surface area contributed by atoms with E-state index in [4.69, 9.17) is 11.5 Å². The van der Waals surface area contributed by atoms with Gasteiger partial charge in [0, 0.05) is 96.1 Å². The Kier molecular flexibility index (Phi) is 39.4. The van der Waals surface area contributed by atoms with Gasteiger partial charge in [-0.2, -0.15) is 0 Å². The summed E-state index contributed by atoms with van der Waals surface area (Å²) in [4.78, 5) is 236. The highest BCUT2D eigenvalue weighted by molar-refractivity contribution is 8.00. The predicted octanol–water partition coefficient (Wildman–Crippen LogP) is 2.64. The highest BCUT2D eigenvalue weighted by Crippen LogP contribution is 2.27. The standard InChI is InChI=1S/C94H120N16O19S/c1-9-10-32-77(94(129)110-42-23-22-33-76(110)88(123)99-65(54-111)50-83(117)118)107(6)93(128)79(48-61-28-18-13-19-29-61)109(8)92(127)74(45-59-24-14-11-15-25-59)101-82(116)56-130-55-75(84(119)98-52-80(96)114)105-85(120)70(43-57(2)3)102-86(121)71(44-62-34-38-66(112)39-35-62)103-87(122)72(49-64-51-97-69-31-21-20-30-68(64)69)100-81(115)53-106(5)91(126)73(46-63-36-40-67(113)41-37-63)104-89(124)78(108(7)90(125)58(4)95)47-60-26-16-12-17-27-60/h11-21,24-31,34-41,51,54,57-58,65,70-79,97,112-113H,9-10,22-23,32-33,42-50,52-53,55-56,95H2,1-8H3,(H2,96,114)(H,98,119)(H,99,123)(H,100,115)(H,101,116)(H,102,121)(H,103,122)(H,104,124)(H,105,120)(H,117,118)/t58-,65-,70-,71-,72-,73-,74-,75-,76+,77-,78?,79-/m0/s1. The molecule has 0 saturated carbocycles. The van der Waals surface area contributed by atoms with E-state index < -0.39 is 186 Å². The van der Waals surface area contributed by atoms with Crippen molar-refractivity contribution in [2.24, 2.45) is 17.4 Å². The Morgan fingerprint density at radius 2 is 1.01 bits per heavy atom. The van der Waals surface area contributed by atoms with Gasteiger partial charge in [0.1, 0.15) is 78.2 Å². The van der Waals surface area contributed by atoms with Crippen molar-refractivity contribution in [2.75, 3.05) is 59.3 Å². The van der Waals surface area contributed by atoms with Gasteiger partial charge in [-0.3, -0.25) is 71.9 Å². The van der Waals surface area contributed by atoms with E-state index in [1.165, 1.54) is 91.1 Å². The van der Waals surface area contributed by atoms with E-state index in [-0.39, 0.29) is 87.5 Å². The van der Waals surface area contributed by atoms with Crippen LogP contribution >= 0.6 is 11.8 Å². The van der Waals surface area contributed by atoms with E-state index in [1.807, 2.05) is 6.92 Å². The number of fused-ring (bicyclic) bond motifs is 1. The van der Waals surface area contributed by atoms with E-state index in [1.54, 1.807) is 147 Å². The number of H-pyrrole nitrogens is 1. The largest absolute Gasteiger partial charge is 0.508 e. The number of carbonyl (C=O) groups is 16. The topological polar surface area (TPSA) is 514 Å². The molecule has 0 aliphatic carbocycles. The molecule has 1 aromatic heterocycles. The van der Waals surface area contributed by atoms with Gasteiger partial charge in [-0.1, -0.05) is 167 Å². The van der Waals surface area contributed by atoms with Crippen LogP contribution in [0.1, 0.15) is 112 Å². The summed E-state index contributed by atoms with van der Waals surface area (Å²) in [6, 6.07) is 29.0. The molecule has 36 heteroatoms. The van der Waals surface area contributed by atoms with Crippen molar-refractivity contribution in [3.63, 3.8) is 0 Å². The minimum atomic E-state index is -1.58. The number of nitrogens with zero attached hydrogens (tertiary/aromatic N) is 5. The minimum Gasteiger partial charge on any atom is -0.508 e. The van der Waals surface area contributed by atoms with E-state index >= 15 is 19.2 Å². The number of aromatic hydroxyl groups is 2. The van der Waals surface area contributed by atoms with Gasteiger partial charge in [-0.15, -0.1) is 11.8 Å². The molecule has 16 N–H and O–H groups in total. The van der Waals surface area contributed by atoms with Crippen molar-refractivity contribution in [1.29, 1.82) is 0 Å². The zero-order chi connectivity index (χ0) is 94.8. The summed E-state index contributed by atoms with van der Waals surface area (Å²) in [7, 11) is 5.58. The van der Waals surface area contributed by atoms with E-state index in [9.17, 15) is 72.9 Å². The van der Waals surface area contributed by atoms with Gasteiger partial charge in [0.25, 0.3) is 0 Å². The summed E-state index contributed by atoms with van der Waals surface area (Å²) in [6.45, 7) is 5.58. The van der Waals surface area contributed by atoms with Gasteiger partial charge in [-0.05, 0) is 109 Å². The number of hydrogen-bond donors (Lipinski definition) is 14. The molecule has 1 aliphatic rings. The molecular formula is C94H120N16O19S. The fourth-order valence-corrected chi connectivity index (χ4v) is 16.2. The van der Waals surface area contributed by atoms with E-state index in [0.29, 0.717) is 76.3 Å². The van der Waals surface area contributed by atoms with Crippen molar-refractivity contribution < 1.29 is 92.0 Å². The number of nitrogens with one attached hydrogen (secondary N) is 9. The normalized spacial score (nSPS) is 15.0. The van der Waals surface area contributed by atoms with Crippen LogP contribution in [0.3, 0.4) is 0 Å². The number of phenols is 2. The van der Waals surface area contributed by atoms with Crippen molar-refractivity contribution in [1.82, 2.24) is 72.0 Å². The number of primary amides is 1. The number of carboxylic acid groups (broad SMARTS) is 1. The summed E-state index contributed by atoms with van der Waals surface area (Å²) < 4.78 is 0. The molecule has 12 atom stereocenters. The highest BCUT2D eigenvalue weighted by atomic mass is 32.2. The number of unbranched alkanes of at least 4 members (excludes halogenated alkanes) is 1. The third-order valence-electron chi connectivity index (χ3n) is 22.4. The lowest BCUT2D eigenvalue weighted by atomic mass is 9.97. The van der Waals surface area contributed by atoms with Crippen molar-refractivity contribution in [3.05, 3.63) is 203 Å². The van der Waals surface area contributed by atoms with Crippen molar-refractivity contribution in [2.45, 2.75) is 190 Å². The molecule has 8 rings (SSSR count). The zero-order valence-corrected chi connectivity index (χ0v) is 75.2. The van der Waals surface area contributed by atoms with Crippen LogP contribution in [0.2, 0.25) is 0 Å². The third-order valence-corrected chi connectivity index (χ3v) is 23.4. The number of benzene rings is 6. The minimum absolute atomic E-state index is 0.0240.